The van der Waals surface area contributed by atoms with Crippen molar-refractivity contribution in [1.82, 2.24) is 25.2 Å². The van der Waals surface area contributed by atoms with Gasteiger partial charge in [0.25, 0.3) is 0 Å². The summed E-state index contributed by atoms with van der Waals surface area (Å²) >= 11 is 1.57. The van der Waals surface area contributed by atoms with Gasteiger partial charge in [-0.3, -0.25) is 4.90 Å². The lowest BCUT2D eigenvalue weighted by Gasteiger charge is -2.33. The van der Waals surface area contributed by atoms with E-state index in [4.69, 9.17) is 4.74 Å². The van der Waals surface area contributed by atoms with Crippen molar-refractivity contribution in [3.63, 3.8) is 0 Å². The molecule has 1 unspecified atom stereocenters. The topological polar surface area (TPSA) is 63.2 Å². The second kappa shape index (κ2) is 9.14. The number of hydrogen-bond donors (Lipinski definition) is 1. The first kappa shape index (κ1) is 18.2. The van der Waals surface area contributed by atoms with Gasteiger partial charge in [-0.2, -0.15) is 0 Å². The molecule has 4 rings (SSSR count). The van der Waals surface area contributed by atoms with Crippen LogP contribution in [-0.4, -0.2) is 52.2 Å². The highest BCUT2D eigenvalue weighted by Gasteiger charge is 2.20. The summed E-state index contributed by atoms with van der Waals surface area (Å²) in [5, 5.41) is 6.39. The van der Waals surface area contributed by atoms with Gasteiger partial charge in [0.15, 0.2) is 10.8 Å². The third kappa shape index (κ3) is 5.17. The predicted molar refractivity (Wildman–Crippen MR) is 106 cm³/mol. The first-order valence-electron chi connectivity index (χ1n) is 9.17. The third-order valence-corrected chi connectivity index (χ3v) is 5.35. The minimum Gasteiger partial charge on any atom is -0.374 e. The van der Waals surface area contributed by atoms with Crippen LogP contribution in [-0.2, 0) is 17.8 Å². The van der Waals surface area contributed by atoms with Crippen LogP contribution in [0.5, 0.6) is 0 Å². The molecule has 1 aliphatic heterocycles. The van der Waals surface area contributed by atoms with E-state index in [1.165, 1.54) is 5.56 Å². The van der Waals surface area contributed by atoms with Gasteiger partial charge in [-0.1, -0.05) is 30.3 Å². The Morgan fingerprint density at radius 2 is 2.00 bits per heavy atom. The SMILES string of the molecule is c1ccc(CN2CCOC(CNCc3csc(-c4ncccn4)n3)C2)cc1. The molecule has 0 bridgehead atoms. The smallest absolute Gasteiger partial charge is 0.188 e. The van der Waals surface area contributed by atoms with Gasteiger partial charge >= 0.3 is 0 Å². The molecule has 0 amide bonds. The molecule has 3 aromatic rings. The average molecular weight is 382 g/mol. The number of nitrogens with one attached hydrogen (secondary N) is 1. The number of rotatable bonds is 7. The quantitative estimate of drug-likeness (QED) is 0.679. The van der Waals surface area contributed by atoms with Crippen molar-refractivity contribution in [2.24, 2.45) is 0 Å². The molecule has 0 aliphatic carbocycles. The number of morpholine rings is 1. The largest absolute Gasteiger partial charge is 0.374 e. The molecule has 2 aromatic heterocycles. The Balaban J connectivity index is 1.24. The van der Waals surface area contributed by atoms with Crippen LogP contribution in [0.2, 0.25) is 0 Å². The van der Waals surface area contributed by atoms with E-state index in [1.807, 2.05) is 6.07 Å². The van der Waals surface area contributed by atoms with Crippen LogP contribution in [0.4, 0.5) is 0 Å². The molecule has 27 heavy (non-hydrogen) atoms. The highest BCUT2D eigenvalue weighted by molar-refractivity contribution is 7.13. The standard InChI is InChI=1S/C20H23N5OS/c1-2-5-16(6-3-1)13-25-9-10-26-18(14-25)12-21-11-17-15-27-20(24-17)19-22-7-4-8-23-19/h1-8,15,18,21H,9-14H2. The molecular weight excluding hydrogens is 358 g/mol. The van der Waals surface area contributed by atoms with Crippen molar-refractivity contribution < 1.29 is 4.74 Å². The van der Waals surface area contributed by atoms with Crippen molar-refractivity contribution >= 4 is 11.3 Å². The number of thiazole rings is 1. The first-order chi connectivity index (χ1) is 13.4. The van der Waals surface area contributed by atoms with Crippen LogP contribution in [0.15, 0.2) is 54.2 Å². The van der Waals surface area contributed by atoms with E-state index in [0.717, 1.165) is 50.0 Å². The molecule has 1 atom stereocenters. The Morgan fingerprint density at radius 3 is 2.85 bits per heavy atom. The van der Waals surface area contributed by atoms with Gasteiger partial charge in [-0.15, -0.1) is 11.3 Å². The first-order valence-corrected chi connectivity index (χ1v) is 10.1. The van der Waals surface area contributed by atoms with Crippen LogP contribution >= 0.6 is 11.3 Å². The van der Waals surface area contributed by atoms with Crippen LogP contribution in [0.1, 0.15) is 11.3 Å². The predicted octanol–water partition coefficient (Wildman–Crippen LogP) is 2.59. The molecule has 3 heterocycles. The van der Waals surface area contributed by atoms with Crippen molar-refractivity contribution in [2.75, 3.05) is 26.2 Å². The minimum absolute atomic E-state index is 0.207. The van der Waals surface area contributed by atoms with Gasteiger partial charge in [0, 0.05) is 50.5 Å². The molecule has 1 aromatic carbocycles. The maximum Gasteiger partial charge on any atom is 0.188 e. The summed E-state index contributed by atoms with van der Waals surface area (Å²) in [5.41, 5.74) is 2.36. The Bertz CT molecular complexity index is 827. The molecule has 140 valence electrons. The van der Waals surface area contributed by atoms with Gasteiger partial charge in [-0.25, -0.2) is 15.0 Å². The highest BCUT2D eigenvalue weighted by atomic mass is 32.1. The van der Waals surface area contributed by atoms with Crippen LogP contribution in [0.25, 0.3) is 10.8 Å². The molecule has 6 nitrogen and oxygen atoms in total. The van der Waals surface area contributed by atoms with E-state index in [0.29, 0.717) is 5.82 Å². The van der Waals surface area contributed by atoms with Gasteiger partial charge < -0.3 is 10.1 Å². The fourth-order valence-corrected chi connectivity index (χ4v) is 3.92. The summed E-state index contributed by atoms with van der Waals surface area (Å²) < 4.78 is 5.92. The zero-order valence-electron chi connectivity index (χ0n) is 15.1. The molecule has 1 saturated heterocycles. The molecule has 0 spiro atoms. The maximum absolute atomic E-state index is 5.92. The van der Waals surface area contributed by atoms with Crippen LogP contribution < -0.4 is 5.32 Å². The number of nitrogens with zero attached hydrogens (tertiary/aromatic N) is 4. The molecular formula is C20H23N5OS. The zero-order valence-corrected chi connectivity index (χ0v) is 15.9. The lowest BCUT2D eigenvalue weighted by molar-refractivity contribution is -0.0300. The average Bonchev–Trinajstić information content (AvgIpc) is 3.19. The summed E-state index contributed by atoms with van der Waals surface area (Å²) in [6.07, 6.45) is 3.69. The molecule has 1 aliphatic rings. The zero-order chi connectivity index (χ0) is 18.3. The number of benzene rings is 1. The van der Waals surface area contributed by atoms with Crippen LogP contribution in [0, 0.1) is 0 Å². The lowest BCUT2D eigenvalue weighted by atomic mass is 10.2. The summed E-state index contributed by atoms with van der Waals surface area (Å²) in [6, 6.07) is 12.4. The van der Waals surface area contributed by atoms with Crippen LogP contribution in [0.3, 0.4) is 0 Å². The molecule has 1 N–H and O–H groups in total. The van der Waals surface area contributed by atoms with Gasteiger partial charge in [0.1, 0.15) is 0 Å². The molecule has 1 fully saturated rings. The summed E-state index contributed by atoms with van der Waals surface area (Å²) in [7, 11) is 0. The monoisotopic (exact) mass is 381 g/mol. The summed E-state index contributed by atoms with van der Waals surface area (Å²) in [4.78, 5) is 15.6. The molecule has 0 radical (unpaired) electrons. The van der Waals surface area contributed by atoms with E-state index < -0.39 is 0 Å². The third-order valence-electron chi connectivity index (χ3n) is 4.46. The Labute approximate surface area is 163 Å². The minimum atomic E-state index is 0.207. The fourth-order valence-electron chi connectivity index (χ4n) is 3.15. The van der Waals surface area contributed by atoms with Crippen molar-refractivity contribution in [1.29, 1.82) is 0 Å². The van der Waals surface area contributed by atoms with Crippen molar-refractivity contribution in [2.45, 2.75) is 19.2 Å². The summed E-state index contributed by atoms with van der Waals surface area (Å²) in [5.74, 6) is 0.681. The van der Waals surface area contributed by atoms with E-state index in [2.05, 4.69) is 60.9 Å². The fraction of sp³-hybridized carbons (Fsp3) is 0.350. The Morgan fingerprint density at radius 1 is 1.15 bits per heavy atom. The second-order valence-electron chi connectivity index (χ2n) is 6.56. The molecule has 7 heteroatoms. The van der Waals surface area contributed by atoms with Crippen molar-refractivity contribution in [3.8, 4) is 10.8 Å². The van der Waals surface area contributed by atoms with E-state index in [-0.39, 0.29) is 6.10 Å². The van der Waals surface area contributed by atoms with E-state index >= 15 is 0 Å². The highest BCUT2D eigenvalue weighted by Crippen LogP contribution is 2.19. The number of hydrogen-bond acceptors (Lipinski definition) is 7. The van der Waals surface area contributed by atoms with Gasteiger partial charge in [0.05, 0.1) is 18.4 Å². The van der Waals surface area contributed by atoms with E-state index in [1.54, 1.807) is 23.7 Å². The van der Waals surface area contributed by atoms with Crippen molar-refractivity contribution in [3.05, 3.63) is 65.4 Å². The van der Waals surface area contributed by atoms with Gasteiger partial charge in [-0.05, 0) is 11.6 Å². The van der Waals surface area contributed by atoms with Gasteiger partial charge in [0.2, 0.25) is 0 Å². The lowest BCUT2D eigenvalue weighted by Crippen LogP contribution is -2.46. The second-order valence-corrected chi connectivity index (χ2v) is 7.42. The van der Waals surface area contributed by atoms with E-state index in [9.17, 15) is 0 Å². The summed E-state index contributed by atoms with van der Waals surface area (Å²) in [6.45, 7) is 5.24. The molecule has 0 saturated carbocycles. The Hall–Kier alpha value is -2.19. The number of aromatic nitrogens is 3. The normalized spacial score (nSPS) is 17.9. The number of ether oxygens (including phenoxy) is 1. The Kier molecular flexibility index (Phi) is 6.16. The maximum atomic E-state index is 5.92.